The van der Waals surface area contributed by atoms with Gasteiger partial charge in [0.25, 0.3) is 0 Å². The first-order chi connectivity index (χ1) is 22.5. The molecule has 0 spiro atoms. The van der Waals surface area contributed by atoms with Gasteiger partial charge in [0, 0.05) is 19.3 Å². The molecule has 0 aliphatic rings. The molecule has 17 nitrogen and oxygen atoms in total. The van der Waals surface area contributed by atoms with Crippen molar-refractivity contribution < 1.29 is 58.6 Å². The molecule has 0 heterocycles. The molecule has 258 valence electrons. The summed E-state index contributed by atoms with van der Waals surface area (Å²) in [6.45, 7) is -0.493. The Morgan fingerprint density at radius 1 is 0.604 bits per heavy atom. The van der Waals surface area contributed by atoms with E-state index >= 15 is 0 Å². The lowest BCUT2D eigenvalue weighted by atomic mass is 10.0. The van der Waals surface area contributed by atoms with Gasteiger partial charge >= 0.3 is 26.8 Å². The molecule has 0 fully saturated rings. The van der Waals surface area contributed by atoms with Gasteiger partial charge in [0.15, 0.2) is 0 Å². The van der Waals surface area contributed by atoms with Gasteiger partial charge in [-0.05, 0) is 41.0 Å². The van der Waals surface area contributed by atoms with Crippen molar-refractivity contribution in [1.82, 2.24) is 16.0 Å². The van der Waals surface area contributed by atoms with Crippen LogP contribution >= 0.6 is 0 Å². The monoisotopic (exact) mass is 708 g/mol. The summed E-state index contributed by atoms with van der Waals surface area (Å²) in [4.78, 5) is 51.4. The summed E-state index contributed by atoms with van der Waals surface area (Å²) in [5.41, 5.74) is 6.77. The molecule has 3 rings (SSSR count). The summed E-state index contributed by atoms with van der Waals surface area (Å²) in [6.07, 6.45) is -0.525. The van der Waals surface area contributed by atoms with E-state index in [0.29, 0.717) is 16.7 Å². The van der Waals surface area contributed by atoms with E-state index in [-0.39, 0.29) is 30.8 Å². The topological polar surface area (TPSA) is 278 Å². The van der Waals surface area contributed by atoms with Crippen molar-refractivity contribution in [2.75, 3.05) is 6.54 Å². The van der Waals surface area contributed by atoms with Crippen molar-refractivity contribution >= 4 is 44.5 Å². The van der Waals surface area contributed by atoms with Gasteiger partial charge in [-0.15, -0.1) is 0 Å². The van der Waals surface area contributed by atoms with Crippen molar-refractivity contribution in [2.24, 2.45) is 5.73 Å². The number of hydrogen-bond donors (Lipinski definition) is 7. The maximum absolute atomic E-state index is 13.6. The summed E-state index contributed by atoms with van der Waals surface area (Å²) in [5.74, 6) is -4.35. The molecule has 0 aliphatic heterocycles. The number of carbonyl (C=O) groups excluding carboxylic acids is 3. The molecule has 8 N–H and O–H groups in total. The van der Waals surface area contributed by atoms with E-state index in [4.69, 9.17) is 14.8 Å². The molecule has 0 aromatic heterocycles. The number of benzene rings is 3. The van der Waals surface area contributed by atoms with E-state index in [1.807, 2.05) is 0 Å². The minimum absolute atomic E-state index is 0.0866. The SMILES string of the molecule is NCC(=O)N[C@@H](Cc1ccc(OS(=O)(=O)O)cc1)C(=O)N[C@@H](Cc1ccc(OS(=O)(=O)O)cc1)C(=O)N[C@@H](Cc1ccccc1)C(=O)O. The fraction of sp³-hybridized carbons (Fsp3) is 0.241. The molecular weight excluding hydrogens is 676 g/mol. The van der Waals surface area contributed by atoms with Gasteiger partial charge in [0.1, 0.15) is 29.6 Å². The lowest BCUT2D eigenvalue weighted by Crippen LogP contribution is -2.57. The first-order valence-corrected chi connectivity index (χ1v) is 16.6. The van der Waals surface area contributed by atoms with E-state index in [1.54, 1.807) is 30.3 Å². The quantitative estimate of drug-likeness (QED) is 0.0878. The minimum atomic E-state index is -4.81. The van der Waals surface area contributed by atoms with Gasteiger partial charge in [-0.25, -0.2) is 4.79 Å². The van der Waals surface area contributed by atoms with Crippen LogP contribution in [0.15, 0.2) is 78.9 Å². The maximum Gasteiger partial charge on any atom is 0.446 e. The van der Waals surface area contributed by atoms with Crippen LogP contribution in [0.5, 0.6) is 11.5 Å². The lowest BCUT2D eigenvalue weighted by molar-refractivity contribution is -0.142. The van der Waals surface area contributed by atoms with Crippen LogP contribution in [0.25, 0.3) is 0 Å². The fourth-order valence-electron chi connectivity index (χ4n) is 4.34. The summed E-state index contributed by atoms with van der Waals surface area (Å²) in [7, 11) is -9.60. The van der Waals surface area contributed by atoms with Crippen molar-refractivity contribution in [3.05, 3.63) is 95.6 Å². The van der Waals surface area contributed by atoms with Crippen molar-refractivity contribution in [1.29, 1.82) is 0 Å². The van der Waals surface area contributed by atoms with Gasteiger partial charge in [0.05, 0.1) is 6.54 Å². The molecule has 3 amide bonds. The predicted molar refractivity (Wildman–Crippen MR) is 167 cm³/mol. The van der Waals surface area contributed by atoms with Gasteiger partial charge in [-0.1, -0.05) is 54.6 Å². The Morgan fingerprint density at radius 3 is 1.38 bits per heavy atom. The number of aliphatic carboxylic acids is 1. The molecule has 3 aromatic carbocycles. The highest BCUT2D eigenvalue weighted by molar-refractivity contribution is 7.81. The van der Waals surface area contributed by atoms with Crippen LogP contribution in [0.1, 0.15) is 16.7 Å². The number of nitrogens with two attached hydrogens (primary N) is 1. The maximum atomic E-state index is 13.6. The van der Waals surface area contributed by atoms with Crippen LogP contribution in [0.2, 0.25) is 0 Å². The van der Waals surface area contributed by atoms with Crippen LogP contribution < -0.4 is 30.1 Å². The van der Waals surface area contributed by atoms with Gasteiger partial charge < -0.3 is 35.2 Å². The second-order valence-corrected chi connectivity index (χ2v) is 12.2. The Kier molecular flexibility index (Phi) is 13.0. The van der Waals surface area contributed by atoms with E-state index in [9.17, 15) is 41.1 Å². The smallest absolute Gasteiger partial charge is 0.446 e. The standard InChI is InChI=1S/C29H32N4O13S2/c30-17-26(34)31-23(14-19-6-10-21(11-7-19)45-47(39,40)41)27(35)32-24(15-20-8-12-22(13-9-20)46-48(42,43)44)28(36)33-25(29(37)38)16-18-4-2-1-3-5-18/h1-13,23-25H,14-17,30H2,(H,31,34)(H,32,35)(H,33,36)(H,37,38)(H,39,40,41)(H,42,43,44)/t23-,24-,25-/m0/s1. The second kappa shape index (κ2) is 16.7. The fourth-order valence-corrected chi connectivity index (χ4v) is 5.05. The summed E-state index contributed by atoms with van der Waals surface area (Å²) in [5, 5.41) is 17.2. The van der Waals surface area contributed by atoms with E-state index in [1.165, 1.54) is 48.5 Å². The highest BCUT2D eigenvalue weighted by Gasteiger charge is 2.30. The Bertz CT molecular complexity index is 1800. The Balaban J connectivity index is 1.88. The summed E-state index contributed by atoms with van der Waals surface area (Å²) in [6, 6.07) is 14.4. The number of rotatable bonds is 17. The van der Waals surface area contributed by atoms with Crippen LogP contribution in [0.4, 0.5) is 0 Å². The number of carboxylic acids is 1. The van der Waals surface area contributed by atoms with Crippen LogP contribution in [-0.2, 0) is 59.2 Å². The minimum Gasteiger partial charge on any atom is -0.480 e. The molecule has 0 unspecified atom stereocenters. The lowest BCUT2D eigenvalue weighted by Gasteiger charge is -2.25. The molecule has 3 aromatic rings. The van der Waals surface area contributed by atoms with Crippen LogP contribution in [-0.4, -0.2) is 79.4 Å². The van der Waals surface area contributed by atoms with Crippen LogP contribution in [0, 0.1) is 0 Å². The largest absolute Gasteiger partial charge is 0.480 e. The third kappa shape index (κ3) is 13.0. The van der Waals surface area contributed by atoms with Crippen molar-refractivity contribution in [3.8, 4) is 11.5 Å². The van der Waals surface area contributed by atoms with E-state index in [0.717, 1.165) is 0 Å². The number of carboxylic acid groups (broad SMARTS) is 1. The second-order valence-electron chi connectivity index (χ2n) is 10.2. The first-order valence-electron chi connectivity index (χ1n) is 13.9. The Morgan fingerprint density at radius 2 is 0.979 bits per heavy atom. The molecule has 0 radical (unpaired) electrons. The molecule has 0 saturated heterocycles. The molecule has 0 aliphatic carbocycles. The Hall–Kier alpha value is -5.08. The number of carbonyl (C=O) groups is 4. The summed E-state index contributed by atoms with van der Waals surface area (Å²) < 4.78 is 70.6. The van der Waals surface area contributed by atoms with Crippen molar-refractivity contribution in [3.63, 3.8) is 0 Å². The average molecular weight is 709 g/mol. The zero-order valence-electron chi connectivity index (χ0n) is 24.9. The third-order valence-corrected chi connectivity index (χ3v) is 7.30. The number of amides is 3. The normalized spacial score (nSPS) is 13.3. The van der Waals surface area contributed by atoms with Crippen LogP contribution in [0.3, 0.4) is 0 Å². The summed E-state index contributed by atoms with van der Waals surface area (Å²) >= 11 is 0. The molecular formula is C29H32N4O13S2. The predicted octanol–water partition coefficient (Wildman–Crippen LogP) is -0.425. The third-order valence-electron chi connectivity index (χ3n) is 6.50. The Labute approximate surface area is 275 Å². The zero-order valence-corrected chi connectivity index (χ0v) is 26.5. The highest BCUT2D eigenvalue weighted by atomic mass is 32.3. The first kappa shape index (κ1) is 37.4. The van der Waals surface area contributed by atoms with Gasteiger partial charge in [0.2, 0.25) is 17.7 Å². The van der Waals surface area contributed by atoms with Crippen molar-refractivity contribution in [2.45, 2.75) is 37.4 Å². The molecule has 3 atom stereocenters. The highest BCUT2D eigenvalue weighted by Crippen LogP contribution is 2.17. The zero-order chi connectivity index (χ0) is 35.5. The number of nitrogens with one attached hydrogen (secondary N) is 3. The molecule has 19 heteroatoms. The average Bonchev–Trinajstić information content (AvgIpc) is 3.00. The molecule has 0 saturated carbocycles. The van der Waals surface area contributed by atoms with Gasteiger partial charge in [-0.2, -0.15) is 16.8 Å². The molecule has 0 bridgehead atoms. The van der Waals surface area contributed by atoms with E-state index < -0.39 is 69.2 Å². The van der Waals surface area contributed by atoms with Gasteiger partial charge in [-0.3, -0.25) is 23.5 Å². The molecule has 48 heavy (non-hydrogen) atoms. The van der Waals surface area contributed by atoms with E-state index in [2.05, 4.69) is 24.3 Å². The number of hydrogen-bond acceptors (Lipinski definition) is 11.